The fraction of sp³-hybridized carbons (Fsp3) is 0.409. The van der Waals surface area contributed by atoms with Crippen molar-refractivity contribution in [2.24, 2.45) is 0 Å². The number of amides is 1. The number of benzene rings is 2. The molecule has 2 aliphatic heterocycles. The number of rotatable bonds is 1. The number of aryl methyl sites for hydroxylation is 2. The quantitative estimate of drug-likeness (QED) is 0.802. The molecule has 4 rings (SSSR count). The Hall–Kier alpha value is -2.29. The number of nitrogens with one attached hydrogen (secondary N) is 1. The molecule has 0 saturated heterocycles. The number of nitrogens with zero attached hydrogens (tertiary/aromatic N) is 1. The molecule has 2 aromatic carbocycles. The standard InChI is InChI=1S/C12H15NO.C9H11N.CH4/c1-3-12(14)13-7-6-10-8-9(2)4-5-11(10)13;1-7-2-3-9-8(6-7)4-5-10-9;/h4-5,8H,3,6-7H2,1-2H3;2-3,6,10H,4-5H2,1H3;1H4. The van der Waals surface area contributed by atoms with Gasteiger partial charge in [0.2, 0.25) is 5.91 Å². The van der Waals surface area contributed by atoms with E-state index in [1.54, 1.807) is 0 Å². The second-order valence-electron chi connectivity index (χ2n) is 6.62. The van der Waals surface area contributed by atoms with E-state index in [2.05, 4.69) is 55.6 Å². The highest BCUT2D eigenvalue weighted by atomic mass is 16.2. The summed E-state index contributed by atoms with van der Waals surface area (Å²) in [5, 5.41) is 3.33. The monoisotopic (exact) mass is 338 g/mol. The van der Waals surface area contributed by atoms with Crippen LogP contribution in [0.4, 0.5) is 11.4 Å². The maximum absolute atomic E-state index is 11.6. The molecule has 0 spiro atoms. The van der Waals surface area contributed by atoms with Crippen molar-refractivity contribution in [3.63, 3.8) is 0 Å². The van der Waals surface area contributed by atoms with Crippen molar-refractivity contribution in [2.75, 3.05) is 23.3 Å². The van der Waals surface area contributed by atoms with Gasteiger partial charge in [0, 0.05) is 30.9 Å². The van der Waals surface area contributed by atoms with Crippen LogP contribution in [0.15, 0.2) is 36.4 Å². The molecule has 2 aromatic rings. The summed E-state index contributed by atoms with van der Waals surface area (Å²) >= 11 is 0. The summed E-state index contributed by atoms with van der Waals surface area (Å²) in [5.74, 6) is 0.229. The molecule has 1 N–H and O–H groups in total. The molecule has 0 aliphatic carbocycles. The summed E-state index contributed by atoms with van der Waals surface area (Å²) in [5.41, 5.74) is 7.86. The van der Waals surface area contributed by atoms with Crippen LogP contribution in [-0.4, -0.2) is 19.0 Å². The minimum Gasteiger partial charge on any atom is -0.384 e. The lowest BCUT2D eigenvalue weighted by Gasteiger charge is -2.16. The highest BCUT2D eigenvalue weighted by Gasteiger charge is 2.22. The Morgan fingerprint density at radius 1 is 1.04 bits per heavy atom. The number of anilines is 2. The van der Waals surface area contributed by atoms with Crippen LogP contribution >= 0.6 is 0 Å². The van der Waals surface area contributed by atoms with Gasteiger partial charge in [-0.3, -0.25) is 4.79 Å². The molecule has 0 aromatic heterocycles. The van der Waals surface area contributed by atoms with Crippen molar-refractivity contribution in [1.82, 2.24) is 0 Å². The maximum Gasteiger partial charge on any atom is 0.226 e. The Kier molecular flexibility index (Phi) is 6.24. The molecular weight excluding hydrogens is 308 g/mol. The zero-order valence-electron chi connectivity index (χ0n) is 14.9. The van der Waals surface area contributed by atoms with Gasteiger partial charge in [-0.15, -0.1) is 0 Å². The van der Waals surface area contributed by atoms with Crippen LogP contribution in [0.2, 0.25) is 0 Å². The van der Waals surface area contributed by atoms with Crippen LogP contribution in [0.3, 0.4) is 0 Å². The number of hydrogen-bond acceptors (Lipinski definition) is 2. The number of carbonyl (C=O) groups is 1. The first kappa shape index (κ1) is 19.0. The molecule has 3 heteroatoms. The van der Waals surface area contributed by atoms with Crippen LogP contribution in [0.5, 0.6) is 0 Å². The van der Waals surface area contributed by atoms with E-state index in [1.165, 1.54) is 34.4 Å². The van der Waals surface area contributed by atoms with Crippen molar-refractivity contribution in [3.8, 4) is 0 Å². The molecule has 0 bridgehead atoms. The van der Waals surface area contributed by atoms with Crippen LogP contribution in [-0.2, 0) is 17.6 Å². The highest BCUT2D eigenvalue weighted by molar-refractivity contribution is 5.95. The van der Waals surface area contributed by atoms with Crippen LogP contribution in [0.1, 0.15) is 43.0 Å². The summed E-state index contributed by atoms with van der Waals surface area (Å²) in [7, 11) is 0. The third-order valence-corrected chi connectivity index (χ3v) is 4.70. The first-order valence-electron chi connectivity index (χ1n) is 8.81. The molecule has 3 nitrogen and oxygen atoms in total. The second kappa shape index (κ2) is 8.19. The van der Waals surface area contributed by atoms with Gasteiger partial charge in [-0.25, -0.2) is 0 Å². The molecule has 0 atom stereocenters. The highest BCUT2D eigenvalue weighted by Crippen LogP contribution is 2.29. The van der Waals surface area contributed by atoms with Crippen LogP contribution in [0.25, 0.3) is 0 Å². The summed E-state index contributed by atoms with van der Waals surface area (Å²) in [4.78, 5) is 13.5. The average molecular weight is 338 g/mol. The normalized spacial score (nSPS) is 13.8. The molecule has 0 saturated carbocycles. The zero-order chi connectivity index (χ0) is 17.1. The minimum absolute atomic E-state index is 0. The third-order valence-electron chi connectivity index (χ3n) is 4.70. The molecule has 0 unspecified atom stereocenters. The molecular formula is C22H30N2O. The summed E-state index contributed by atoms with van der Waals surface area (Å²) in [6.45, 7) is 8.10. The third kappa shape index (κ3) is 4.22. The van der Waals surface area contributed by atoms with E-state index in [-0.39, 0.29) is 13.3 Å². The van der Waals surface area contributed by atoms with Crippen molar-refractivity contribution in [3.05, 3.63) is 58.7 Å². The molecule has 25 heavy (non-hydrogen) atoms. The van der Waals surface area contributed by atoms with Gasteiger partial charge in [-0.1, -0.05) is 49.7 Å². The number of fused-ring (bicyclic) bond motifs is 2. The van der Waals surface area contributed by atoms with Crippen molar-refractivity contribution in [2.45, 2.75) is 47.5 Å². The van der Waals surface area contributed by atoms with Gasteiger partial charge in [-0.2, -0.15) is 0 Å². The van der Waals surface area contributed by atoms with Gasteiger partial charge in [0.1, 0.15) is 0 Å². The van der Waals surface area contributed by atoms with E-state index >= 15 is 0 Å². The Morgan fingerprint density at radius 2 is 1.72 bits per heavy atom. The van der Waals surface area contributed by atoms with Crippen LogP contribution in [0, 0.1) is 13.8 Å². The van der Waals surface area contributed by atoms with E-state index in [1.807, 2.05) is 11.8 Å². The summed E-state index contributed by atoms with van der Waals surface area (Å²) in [6, 6.07) is 12.9. The van der Waals surface area contributed by atoms with E-state index in [4.69, 9.17) is 0 Å². The van der Waals surface area contributed by atoms with Gasteiger partial charge in [0.15, 0.2) is 0 Å². The molecule has 0 fully saturated rings. The summed E-state index contributed by atoms with van der Waals surface area (Å²) < 4.78 is 0. The smallest absolute Gasteiger partial charge is 0.226 e. The van der Waals surface area contributed by atoms with Gasteiger partial charge in [-0.05, 0) is 49.9 Å². The molecule has 1 amide bonds. The van der Waals surface area contributed by atoms with Crippen molar-refractivity contribution >= 4 is 17.3 Å². The van der Waals surface area contributed by atoms with E-state index < -0.39 is 0 Å². The van der Waals surface area contributed by atoms with E-state index in [0.717, 1.165) is 25.2 Å². The SMILES string of the molecule is C.CCC(=O)N1CCc2cc(C)ccc21.Cc1ccc2c(c1)CCN2. The second-order valence-corrected chi connectivity index (χ2v) is 6.62. The number of carbonyl (C=O) groups excluding carboxylic acids is 1. The molecule has 134 valence electrons. The lowest BCUT2D eigenvalue weighted by atomic mass is 10.1. The largest absolute Gasteiger partial charge is 0.384 e. The average Bonchev–Trinajstić information content (AvgIpc) is 3.20. The van der Waals surface area contributed by atoms with E-state index in [0.29, 0.717) is 6.42 Å². The Labute approximate surface area is 152 Å². The fourth-order valence-electron chi connectivity index (χ4n) is 3.41. The minimum atomic E-state index is 0. The Bertz CT molecular complexity index is 752. The lowest BCUT2D eigenvalue weighted by molar-refractivity contribution is -0.118. The topological polar surface area (TPSA) is 32.3 Å². The number of hydrogen-bond donors (Lipinski definition) is 1. The van der Waals surface area contributed by atoms with Crippen molar-refractivity contribution < 1.29 is 4.79 Å². The molecule has 2 aliphatic rings. The molecule has 2 heterocycles. The fourth-order valence-corrected chi connectivity index (χ4v) is 3.41. The zero-order valence-corrected chi connectivity index (χ0v) is 14.9. The first-order valence-corrected chi connectivity index (χ1v) is 8.81. The predicted molar refractivity (Wildman–Crippen MR) is 108 cm³/mol. The Morgan fingerprint density at radius 3 is 2.44 bits per heavy atom. The first-order chi connectivity index (χ1) is 11.6. The van der Waals surface area contributed by atoms with E-state index in [9.17, 15) is 4.79 Å². The predicted octanol–water partition coefficient (Wildman–Crippen LogP) is 4.89. The van der Waals surface area contributed by atoms with Crippen LogP contribution < -0.4 is 10.2 Å². The van der Waals surface area contributed by atoms with Gasteiger partial charge in [0.05, 0.1) is 0 Å². The Balaban J connectivity index is 0.000000182. The van der Waals surface area contributed by atoms with Gasteiger partial charge >= 0.3 is 0 Å². The summed E-state index contributed by atoms with van der Waals surface area (Å²) in [6.07, 6.45) is 2.78. The van der Waals surface area contributed by atoms with Gasteiger partial charge in [0.25, 0.3) is 0 Å². The van der Waals surface area contributed by atoms with Gasteiger partial charge < -0.3 is 10.2 Å². The molecule has 0 radical (unpaired) electrons. The van der Waals surface area contributed by atoms with Crippen molar-refractivity contribution in [1.29, 1.82) is 0 Å². The lowest BCUT2D eigenvalue weighted by Crippen LogP contribution is -2.27. The maximum atomic E-state index is 11.6.